The standard InChI is InChI=1S/C15H15NO2/c1-2-13-5-7-14(8-6-13)15(17)18-12-11-16-9-3-4-10-16/h2-10H,1,11-12H2. The molecule has 3 heteroatoms. The van der Waals surface area contributed by atoms with Crippen LogP contribution in [0.3, 0.4) is 0 Å². The second-order valence-electron chi connectivity index (χ2n) is 3.88. The second-order valence-corrected chi connectivity index (χ2v) is 3.88. The minimum atomic E-state index is -0.294. The van der Waals surface area contributed by atoms with Crippen LogP contribution in [0.1, 0.15) is 15.9 Å². The molecular weight excluding hydrogens is 226 g/mol. The Morgan fingerprint density at radius 1 is 1.22 bits per heavy atom. The van der Waals surface area contributed by atoms with E-state index in [0.29, 0.717) is 18.7 Å². The van der Waals surface area contributed by atoms with Gasteiger partial charge in [-0.3, -0.25) is 0 Å². The predicted octanol–water partition coefficient (Wildman–Crippen LogP) is 2.99. The molecule has 92 valence electrons. The fourth-order valence-electron chi connectivity index (χ4n) is 1.60. The predicted molar refractivity (Wildman–Crippen MR) is 71.2 cm³/mol. The van der Waals surface area contributed by atoms with Crippen molar-refractivity contribution >= 4 is 12.0 Å². The Bertz CT molecular complexity index is 512. The summed E-state index contributed by atoms with van der Waals surface area (Å²) in [5.74, 6) is -0.294. The third-order valence-electron chi connectivity index (χ3n) is 2.63. The Labute approximate surface area is 106 Å². The van der Waals surface area contributed by atoms with Crippen molar-refractivity contribution < 1.29 is 9.53 Å². The van der Waals surface area contributed by atoms with Crippen molar-refractivity contribution in [3.05, 3.63) is 66.5 Å². The average Bonchev–Trinajstić information content (AvgIpc) is 2.92. The largest absolute Gasteiger partial charge is 0.460 e. The number of rotatable bonds is 5. The lowest BCUT2D eigenvalue weighted by atomic mass is 10.1. The van der Waals surface area contributed by atoms with Crippen molar-refractivity contribution in [1.82, 2.24) is 4.57 Å². The summed E-state index contributed by atoms with van der Waals surface area (Å²) in [7, 11) is 0. The van der Waals surface area contributed by atoms with Crippen molar-refractivity contribution in [1.29, 1.82) is 0 Å². The summed E-state index contributed by atoms with van der Waals surface area (Å²) in [5.41, 5.74) is 1.55. The molecule has 3 nitrogen and oxygen atoms in total. The summed E-state index contributed by atoms with van der Waals surface area (Å²) < 4.78 is 7.16. The van der Waals surface area contributed by atoms with Gasteiger partial charge in [0.15, 0.2) is 0 Å². The first kappa shape index (κ1) is 12.2. The smallest absolute Gasteiger partial charge is 0.338 e. The summed E-state index contributed by atoms with van der Waals surface area (Å²) in [6, 6.07) is 11.1. The van der Waals surface area contributed by atoms with Crippen molar-refractivity contribution in [2.75, 3.05) is 6.61 Å². The van der Waals surface area contributed by atoms with Crippen LogP contribution < -0.4 is 0 Å². The van der Waals surface area contributed by atoms with E-state index in [-0.39, 0.29) is 5.97 Å². The maximum absolute atomic E-state index is 11.7. The Morgan fingerprint density at radius 3 is 2.50 bits per heavy atom. The van der Waals surface area contributed by atoms with Crippen LogP contribution in [-0.2, 0) is 11.3 Å². The first-order chi connectivity index (χ1) is 8.79. The summed E-state index contributed by atoms with van der Waals surface area (Å²) >= 11 is 0. The fraction of sp³-hybridized carbons (Fsp3) is 0.133. The van der Waals surface area contributed by atoms with Gasteiger partial charge in [-0.05, 0) is 29.8 Å². The van der Waals surface area contributed by atoms with Gasteiger partial charge in [0.25, 0.3) is 0 Å². The van der Waals surface area contributed by atoms with Gasteiger partial charge in [0.1, 0.15) is 6.61 Å². The highest BCUT2D eigenvalue weighted by Crippen LogP contribution is 2.07. The monoisotopic (exact) mass is 241 g/mol. The second kappa shape index (κ2) is 5.87. The Balaban J connectivity index is 1.85. The van der Waals surface area contributed by atoms with E-state index in [1.165, 1.54) is 0 Å². The van der Waals surface area contributed by atoms with E-state index in [1.54, 1.807) is 18.2 Å². The van der Waals surface area contributed by atoms with Gasteiger partial charge in [-0.1, -0.05) is 24.8 Å². The molecule has 0 atom stereocenters. The molecule has 0 fully saturated rings. The summed E-state index contributed by atoms with van der Waals surface area (Å²) in [5, 5.41) is 0. The minimum absolute atomic E-state index is 0.294. The van der Waals surface area contributed by atoms with Gasteiger partial charge in [0, 0.05) is 12.4 Å². The van der Waals surface area contributed by atoms with E-state index in [4.69, 9.17) is 4.74 Å². The zero-order valence-electron chi connectivity index (χ0n) is 10.1. The molecule has 0 saturated carbocycles. The van der Waals surface area contributed by atoms with Crippen LogP contribution in [0.5, 0.6) is 0 Å². The average molecular weight is 241 g/mol. The summed E-state index contributed by atoms with van der Waals surface area (Å²) in [6.45, 7) is 4.71. The normalized spacial score (nSPS) is 10.0. The van der Waals surface area contributed by atoms with E-state index < -0.39 is 0 Å². The van der Waals surface area contributed by atoms with Crippen LogP contribution in [0.4, 0.5) is 0 Å². The number of benzene rings is 1. The van der Waals surface area contributed by atoms with Crippen LogP contribution in [0, 0.1) is 0 Å². The molecule has 0 N–H and O–H groups in total. The zero-order chi connectivity index (χ0) is 12.8. The topological polar surface area (TPSA) is 31.2 Å². The molecule has 0 radical (unpaired) electrons. The summed E-state index contributed by atoms with van der Waals surface area (Å²) in [4.78, 5) is 11.7. The highest BCUT2D eigenvalue weighted by Gasteiger charge is 2.05. The van der Waals surface area contributed by atoms with Crippen molar-refractivity contribution in [2.24, 2.45) is 0 Å². The third kappa shape index (κ3) is 3.10. The molecule has 0 aliphatic carbocycles. The number of nitrogens with zero attached hydrogens (tertiary/aromatic N) is 1. The third-order valence-corrected chi connectivity index (χ3v) is 2.63. The van der Waals surface area contributed by atoms with E-state index >= 15 is 0 Å². The maximum Gasteiger partial charge on any atom is 0.338 e. The van der Waals surface area contributed by atoms with Crippen LogP contribution in [0.2, 0.25) is 0 Å². The van der Waals surface area contributed by atoms with Crippen LogP contribution in [0.15, 0.2) is 55.4 Å². The van der Waals surface area contributed by atoms with E-state index in [1.807, 2.05) is 41.2 Å². The minimum Gasteiger partial charge on any atom is -0.460 e. The van der Waals surface area contributed by atoms with Gasteiger partial charge in [-0.15, -0.1) is 0 Å². The van der Waals surface area contributed by atoms with Gasteiger partial charge in [0.05, 0.1) is 12.1 Å². The van der Waals surface area contributed by atoms with Crippen LogP contribution >= 0.6 is 0 Å². The van der Waals surface area contributed by atoms with Gasteiger partial charge in [0.2, 0.25) is 0 Å². The molecular formula is C15H15NO2. The molecule has 0 spiro atoms. The molecule has 0 aliphatic rings. The van der Waals surface area contributed by atoms with E-state index in [0.717, 1.165) is 5.56 Å². The maximum atomic E-state index is 11.7. The van der Waals surface area contributed by atoms with Gasteiger partial charge in [-0.2, -0.15) is 0 Å². The molecule has 0 aliphatic heterocycles. The molecule has 2 rings (SSSR count). The van der Waals surface area contributed by atoms with E-state index in [9.17, 15) is 4.79 Å². The molecule has 0 saturated heterocycles. The van der Waals surface area contributed by atoms with E-state index in [2.05, 4.69) is 6.58 Å². The molecule has 2 aromatic rings. The number of hydrogen-bond acceptors (Lipinski definition) is 2. The molecule has 1 aromatic heterocycles. The van der Waals surface area contributed by atoms with Crippen molar-refractivity contribution in [3.8, 4) is 0 Å². The quantitative estimate of drug-likeness (QED) is 0.753. The number of carbonyl (C=O) groups excluding carboxylic acids is 1. The highest BCUT2D eigenvalue weighted by atomic mass is 16.5. The lowest BCUT2D eigenvalue weighted by Gasteiger charge is -2.06. The van der Waals surface area contributed by atoms with Gasteiger partial charge >= 0.3 is 5.97 Å². The molecule has 1 heterocycles. The Kier molecular flexibility index (Phi) is 3.97. The van der Waals surface area contributed by atoms with Crippen LogP contribution in [-0.4, -0.2) is 17.1 Å². The lowest BCUT2D eigenvalue weighted by Crippen LogP contribution is -2.10. The fourth-order valence-corrected chi connectivity index (χ4v) is 1.60. The summed E-state index contributed by atoms with van der Waals surface area (Å²) in [6.07, 6.45) is 5.61. The molecule has 0 bridgehead atoms. The van der Waals surface area contributed by atoms with Crippen LogP contribution in [0.25, 0.3) is 6.08 Å². The molecule has 0 unspecified atom stereocenters. The first-order valence-corrected chi connectivity index (χ1v) is 5.80. The highest BCUT2D eigenvalue weighted by molar-refractivity contribution is 5.89. The number of carbonyl (C=O) groups is 1. The Morgan fingerprint density at radius 2 is 1.89 bits per heavy atom. The molecule has 0 amide bonds. The lowest BCUT2D eigenvalue weighted by molar-refractivity contribution is 0.0491. The van der Waals surface area contributed by atoms with Gasteiger partial charge in [-0.25, -0.2) is 4.79 Å². The Hall–Kier alpha value is -2.29. The van der Waals surface area contributed by atoms with Crippen molar-refractivity contribution in [3.63, 3.8) is 0 Å². The molecule has 18 heavy (non-hydrogen) atoms. The van der Waals surface area contributed by atoms with Crippen molar-refractivity contribution in [2.45, 2.75) is 6.54 Å². The van der Waals surface area contributed by atoms with Gasteiger partial charge < -0.3 is 9.30 Å². The number of ether oxygens (including phenoxy) is 1. The molecule has 1 aromatic carbocycles. The number of aromatic nitrogens is 1. The zero-order valence-corrected chi connectivity index (χ0v) is 10.1. The number of hydrogen-bond donors (Lipinski definition) is 0. The number of esters is 1. The first-order valence-electron chi connectivity index (χ1n) is 5.80. The SMILES string of the molecule is C=Cc1ccc(C(=O)OCCn2cccc2)cc1.